The highest BCUT2D eigenvalue weighted by Gasteiger charge is 2.33. The van der Waals surface area contributed by atoms with Crippen LogP contribution in [0.25, 0.3) is 11.1 Å². The lowest BCUT2D eigenvalue weighted by Crippen LogP contribution is -2.20. The van der Waals surface area contributed by atoms with E-state index in [0.29, 0.717) is 10.0 Å². The average molecular weight is 538 g/mol. The van der Waals surface area contributed by atoms with E-state index in [1.165, 1.54) is 0 Å². The van der Waals surface area contributed by atoms with Crippen molar-refractivity contribution in [2.45, 2.75) is 70.0 Å². The molecule has 1 aliphatic carbocycles. The molecule has 3 nitrogen and oxygen atoms in total. The number of aliphatic carboxylic acids is 1. The van der Waals surface area contributed by atoms with E-state index < -0.39 is 17.7 Å². The van der Waals surface area contributed by atoms with Crippen molar-refractivity contribution in [3.63, 3.8) is 0 Å². The fourth-order valence-electron chi connectivity index (χ4n) is 5.33. The van der Waals surface area contributed by atoms with Crippen molar-refractivity contribution in [1.82, 2.24) is 4.57 Å². The number of halogens is 5. The highest BCUT2D eigenvalue weighted by atomic mass is 35.5. The molecule has 1 heterocycles. The third-order valence-electron chi connectivity index (χ3n) is 6.98. The van der Waals surface area contributed by atoms with Gasteiger partial charge in [-0.2, -0.15) is 13.2 Å². The highest BCUT2D eigenvalue weighted by Crippen LogP contribution is 2.45. The van der Waals surface area contributed by atoms with Gasteiger partial charge in [0.05, 0.1) is 18.0 Å². The standard InChI is InChI=1S/C28H28Cl2F3NO2/c1-2-3-7-25(17-8-10-19(11-9-17)28(31,32)33)34-16-23(21-13-12-20(29)15-24(21)30)22-6-4-5-18(27(22)34)14-26(35)36/h8-13,15-16,18,25H,2-7,14H2,1H3,(H,35,36)/t18?,25-/m1/s1. The van der Waals surface area contributed by atoms with Crippen LogP contribution in [0.1, 0.15) is 79.8 Å². The maximum Gasteiger partial charge on any atom is 0.416 e. The summed E-state index contributed by atoms with van der Waals surface area (Å²) in [6.45, 7) is 2.07. The van der Waals surface area contributed by atoms with E-state index in [9.17, 15) is 23.1 Å². The van der Waals surface area contributed by atoms with E-state index in [1.807, 2.05) is 12.3 Å². The molecule has 2 aromatic carbocycles. The van der Waals surface area contributed by atoms with Crippen molar-refractivity contribution in [2.24, 2.45) is 0 Å². The Kier molecular flexibility index (Phi) is 8.06. The van der Waals surface area contributed by atoms with Gasteiger partial charge in [0, 0.05) is 39.0 Å². The number of fused-ring (bicyclic) bond motifs is 1. The molecule has 4 rings (SSSR count). The van der Waals surface area contributed by atoms with Crippen LogP contribution in [0, 0.1) is 0 Å². The van der Waals surface area contributed by atoms with Gasteiger partial charge in [-0.1, -0.05) is 61.2 Å². The second-order valence-corrected chi connectivity index (χ2v) is 10.2. The molecule has 0 amide bonds. The molecule has 1 aromatic heterocycles. The number of carboxylic acids is 1. The maximum absolute atomic E-state index is 13.2. The monoisotopic (exact) mass is 537 g/mol. The minimum atomic E-state index is -4.41. The Labute approximate surface area is 218 Å². The molecule has 0 spiro atoms. The van der Waals surface area contributed by atoms with E-state index in [1.54, 1.807) is 24.3 Å². The van der Waals surface area contributed by atoms with Crippen LogP contribution in [-0.4, -0.2) is 15.6 Å². The molecule has 1 unspecified atom stereocenters. The molecule has 1 aliphatic rings. The lowest BCUT2D eigenvalue weighted by molar-refractivity contribution is -0.138. The Morgan fingerprint density at radius 2 is 1.86 bits per heavy atom. The zero-order valence-corrected chi connectivity index (χ0v) is 21.4. The van der Waals surface area contributed by atoms with E-state index in [-0.39, 0.29) is 18.4 Å². The fraction of sp³-hybridized carbons (Fsp3) is 0.393. The number of hydrogen-bond donors (Lipinski definition) is 1. The average Bonchev–Trinajstić information content (AvgIpc) is 3.19. The molecule has 2 atom stereocenters. The third kappa shape index (κ3) is 5.60. The van der Waals surface area contributed by atoms with Gasteiger partial charge >= 0.3 is 12.1 Å². The van der Waals surface area contributed by atoms with Crippen molar-refractivity contribution in [1.29, 1.82) is 0 Å². The topological polar surface area (TPSA) is 42.2 Å². The lowest BCUT2D eigenvalue weighted by atomic mass is 9.83. The summed E-state index contributed by atoms with van der Waals surface area (Å²) in [6, 6.07) is 10.4. The first-order chi connectivity index (χ1) is 17.1. The van der Waals surface area contributed by atoms with Gasteiger partial charge in [0.2, 0.25) is 0 Å². The quantitative estimate of drug-likeness (QED) is 0.311. The maximum atomic E-state index is 13.2. The van der Waals surface area contributed by atoms with Gasteiger partial charge in [0.15, 0.2) is 0 Å². The largest absolute Gasteiger partial charge is 0.481 e. The Bertz CT molecular complexity index is 1230. The van der Waals surface area contributed by atoms with Crippen LogP contribution in [0.4, 0.5) is 13.2 Å². The van der Waals surface area contributed by atoms with E-state index in [4.69, 9.17) is 23.2 Å². The van der Waals surface area contributed by atoms with Crippen molar-refractivity contribution >= 4 is 29.2 Å². The number of benzene rings is 2. The predicted octanol–water partition coefficient (Wildman–Crippen LogP) is 9.15. The molecule has 0 bridgehead atoms. The molecule has 0 fully saturated rings. The third-order valence-corrected chi connectivity index (χ3v) is 7.53. The number of carboxylic acid groups (broad SMARTS) is 1. The van der Waals surface area contributed by atoms with Crippen molar-refractivity contribution in [3.8, 4) is 11.1 Å². The number of rotatable bonds is 8. The summed E-state index contributed by atoms with van der Waals surface area (Å²) in [7, 11) is 0. The van der Waals surface area contributed by atoms with E-state index >= 15 is 0 Å². The van der Waals surface area contributed by atoms with Crippen LogP contribution in [0.3, 0.4) is 0 Å². The number of alkyl halides is 3. The Balaban J connectivity index is 1.90. The molecule has 0 radical (unpaired) electrons. The van der Waals surface area contributed by atoms with Crippen LogP contribution in [0.5, 0.6) is 0 Å². The Morgan fingerprint density at radius 1 is 1.14 bits per heavy atom. The zero-order chi connectivity index (χ0) is 26.0. The number of carbonyl (C=O) groups is 1. The predicted molar refractivity (Wildman–Crippen MR) is 137 cm³/mol. The van der Waals surface area contributed by atoms with Crippen LogP contribution < -0.4 is 0 Å². The SMILES string of the molecule is CCCC[C@H](c1ccc(C(F)(F)F)cc1)n1cc(-c2ccc(Cl)cc2Cl)c2c1C(CC(=O)O)CCC2. The second kappa shape index (κ2) is 10.9. The van der Waals surface area contributed by atoms with Crippen LogP contribution in [-0.2, 0) is 17.4 Å². The number of unbranched alkanes of at least 4 members (excludes halogenated alkanes) is 1. The highest BCUT2D eigenvalue weighted by molar-refractivity contribution is 6.36. The first-order valence-corrected chi connectivity index (χ1v) is 12.9. The van der Waals surface area contributed by atoms with Crippen molar-refractivity contribution < 1.29 is 23.1 Å². The molecule has 8 heteroatoms. The van der Waals surface area contributed by atoms with Gasteiger partial charge in [-0.05, 0) is 61.1 Å². The molecule has 3 aromatic rings. The number of nitrogens with zero attached hydrogens (tertiary/aromatic N) is 1. The van der Waals surface area contributed by atoms with Gasteiger partial charge < -0.3 is 9.67 Å². The summed E-state index contributed by atoms with van der Waals surface area (Å²) in [5.41, 5.74) is 3.83. The molecule has 192 valence electrons. The lowest BCUT2D eigenvalue weighted by Gasteiger charge is -2.29. The van der Waals surface area contributed by atoms with Gasteiger partial charge in [-0.25, -0.2) is 0 Å². The molecule has 36 heavy (non-hydrogen) atoms. The van der Waals surface area contributed by atoms with Crippen LogP contribution >= 0.6 is 23.2 Å². The Hall–Kier alpha value is -2.44. The minimum Gasteiger partial charge on any atom is -0.481 e. The van der Waals surface area contributed by atoms with E-state index in [2.05, 4.69) is 11.5 Å². The summed E-state index contributed by atoms with van der Waals surface area (Å²) < 4.78 is 41.8. The van der Waals surface area contributed by atoms with Gasteiger partial charge in [-0.3, -0.25) is 4.79 Å². The van der Waals surface area contributed by atoms with Crippen molar-refractivity contribution in [2.75, 3.05) is 0 Å². The molecule has 0 saturated carbocycles. The molecule has 0 aliphatic heterocycles. The molecule has 0 saturated heterocycles. The Morgan fingerprint density at radius 3 is 2.47 bits per heavy atom. The second-order valence-electron chi connectivity index (χ2n) is 9.40. The smallest absolute Gasteiger partial charge is 0.416 e. The first-order valence-electron chi connectivity index (χ1n) is 12.2. The molecular weight excluding hydrogens is 510 g/mol. The van der Waals surface area contributed by atoms with Gasteiger partial charge in [0.1, 0.15) is 0 Å². The van der Waals surface area contributed by atoms with Gasteiger partial charge in [0.25, 0.3) is 0 Å². The summed E-state index contributed by atoms with van der Waals surface area (Å²) in [5.74, 6) is -1.06. The summed E-state index contributed by atoms with van der Waals surface area (Å²) in [6.07, 6.45) is 2.49. The van der Waals surface area contributed by atoms with Crippen LogP contribution in [0.15, 0.2) is 48.7 Å². The number of aromatic nitrogens is 1. The first kappa shape index (κ1) is 26.6. The minimum absolute atomic E-state index is 0.00167. The summed E-state index contributed by atoms with van der Waals surface area (Å²) in [5, 5.41) is 10.7. The zero-order valence-electron chi connectivity index (χ0n) is 19.9. The molecular formula is C28H28Cl2F3NO2. The van der Waals surface area contributed by atoms with Crippen LogP contribution in [0.2, 0.25) is 10.0 Å². The van der Waals surface area contributed by atoms with Crippen molar-refractivity contribution in [3.05, 3.63) is 81.1 Å². The van der Waals surface area contributed by atoms with E-state index in [0.717, 1.165) is 78.6 Å². The molecule has 1 N–H and O–H groups in total. The summed E-state index contributed by atoms with van der Waals surface area (Å²) in [4.78, 5) is 11.7. The normalized spacial score (nSPS) is 16.6. The summed E-state index contributed by atoms with van der Waals surface area (Å²) >= 11 is 12.7. The van der Waals surface area contributed by atoms with Gasteiger partial charge in [-0.15, -0.1) is 0 Å². The fourth-order valence-corrected chi connectivity index (χ4v) is 5.84. The number of hydrogen-bond acceptors (Lipinski definition) is 1.